The summed E-state index contributed by atoms with van der Waals surface area (Å²) in [6, 6.07) is 0. The Morgan fingerprint density at radius 3 is 1.13 bits per heavy atom. The SMILES string of the molecule is O=S(=O)([O-])C(F)(F)C(F)(F)OC(F)(F)C(F)(F)C(F)(F)C(F)(F)C(F)(F)C(F)(F)Cl. The highest BCUT2D eigenvalue weighted by Gasteiger charge is 2.91. The normalized spacial score (nSPS) is 16.7. The maximum atomic E-state index is 13.1. The lowest BCUT2D eigenvalue weighted by molar-refractivity contribution is -0.498. The number of hydrogen-bond donors (Lipinski definition) is 0. The summed E-state index contributed by atoms with van der Waals surface area (Å²) < 4.78 is 235. The lowest BCUT2D eigenvalue weighted by Crippen LogP contribution is -2.71. The van der Waals surface area contributed by atoms with E-state index in [9.17, 15) is 83.2 Å². The molecule has 0 aromatic rings. The lowest BCUT2D eigenvalue weighted by Gasteiger charge is -2.40. The molecule has 0 saturated carbocycles. The highest BCUT2D eigenvalue weighted by Crippen LogP contribution is 2.61. The monoisotopic (exact) mass is 531 g/mol. The molecule has 0 rings (SSSR count). The Balaban J connectivity index is 6.53. The molecule has 4 nitrogen and oxygen atoms in total. The number of rotatable bonds is 9. The van der Waals surface area contributed by atoms with E-state index in [4.69, 9.17) is 0 Å². The summed E-state index contributed by atoms with van der Waals surface area (Å²) in [5.74, 6) is -33.1. The Hall–Kier alpha value is -0.960. The van der Waals surface area contributed by atoms with Crippen molar-refractivity contribution in [3.8, 4) is 0 Å². The van der Waals surface area contributed by atoms with Gasteiger partial charge in [-0.25, -0.2) is 13.2 Å². The Bertz CT molecular complexity index is 756. The largest absolute Gasteiger partial charge is 0.743 e. The molecule has 0 radical (unpaired) electrons. The first-order valence-corrected chi connectivity index (χ1v) is 7.61. The van der Waals surface area contributed by atoms with Gasteiger partial charge in [0.1, 0.15) is 0 Å². The summed E-state index contributed by atoms with van der Waals surface area (Å²) in [6.07, 6.45) is -15.8. The van der Waals surface area contributed by atoms with Gasteiger partial charge in [-0.1, -0.05) is 0 Å². The zero-order chi connectivity index (χ0) is 25.2. The summed E-state index contributed by atoms with van der Waals surface area (Å²) in [4.78, 5) is 0. The van der Waals surface area contributed by atoms with Crippen LogP contribution in [0.15, 0.2) is 0 Å². The molecule has 0 heterocycles. The third kappa shape index (κ3) is 3.96. The third-order valence-corrected chi connectivity index (χ3v) is 3.92. The van der Waals surface area contributed by atoms with Crippen LogP contribution in [0.4, 0.5) is 70.2 Å². The summed E-state index contributed by atoms with van der Waals surface area (Å²) in [6.45, 7) is 0. The lowest BCUT2D eigenvalue weighted by atomic mass is 9.97. The van der Waals surface area contributed by atoms with Crippen LogP contribution in [0.25, 0.3) is 0 Å². The van der Waals surface area contributed by atoms with E-state index in [1.807, 2.05) is 0 Å². The number of hydrogen-bond acceptors (Lipinski definition) is 4. The van der Waals surface area contributed by atoms with Gasteiger partial charge in [-0.05, 0) is 11.6 Å². The van der Waals surface area contributed by atoms with Crippen molar-refractivity contribution in [2.75, 3.05) is 0 Å². The minimum absolute atomic E-state index is 1.14. The maximum absolute atomic E-state index is 13.1. The van der Waals surface area contributed by atoms with E-state index >= 15 is 0 Å². The Morgan fingerprint density at radius 2 is 0.867 bits per heavy atom. The van der Waals surface area contributed by atoms with Gasteiger partial charge in [-0.2, -0.15) is 70.2 Å². The Kier molecular flexibility index (Phi) is 6.80. The van der Waals surface area contributed by atoms with Crippen LogP contribution in [-0.2, 0) is 14.9 Å². The van der Waals surface area contributed by atoms with Crippen molar-refractivity contribution in [3.63, 3.8) is 0 Å². The van der Waals surface area contributed by atoms with Crippen LogP contribution in [0.5, 0.6) is 0 Å². The van der Waals surface area contributed by atoms with E-state index in [2.05, 4.69) is 11.6 Å². The van der Waals surface area contributed by atoms with Crippen molar-refractivity contribution in [2.45, 2.75) is 46.5 Å². The van der Waals surface area contributed by atoms with Gasteiger partial charge in [0.25, 0.3) is 0 Å². The van der Waals surface area contributed by atoms with Gasteiger partial charge >= 0.3 is 46.5 Å². The zero-order valence-corrected chi connectivity index (χ0v) is 14.0. The minimum Gasteiger partial charge on any atom is -0.743 e. The van der Waals surface area contributed by atoms with E-state index in [1.54, 1.807) is 0 Å². The molecule has 0 amide bonds. The molecule has 0 unspecified atom stereocenters. The third-order valence-electron chi connectivity index (χ3n) is 2.81. The van der Waals surface area contributed by atoms with Crippen LogP contribution in [0, 0.1) is 0 Å². The van der Waals surface area contributed by atoms with Crippen LogP contribution in [0.3, 0.4) is 0 Å². The molecule has 0 aliphatic rings. The second-order valence-electron chi connectivity index (χ2n) is 4.90. The molecular formula is C8ClF16O4S-. The summed E-state index contributed by atoms with van der Waals surface area (Å²) in [5.41, 5.74) is 0. The van der Waals surface area contributed by atoms with Crippen LogP contribution >= 0.6 is 11.6 Å². The van der Waals surface area contributed by atoms with Gasteiger partial charge < -0.3 is 4.55 Å². The van der Waals surface area contributed by atoms with Crippen LogP contribution in [0.2, 0.25) is 0 Å². The van der Waals surface area contributed by atoms with Crippen molar-refractivity contribution in [1.29, 1.82) is 0 Å². The van der Waals surface area contributed by atoms with Crippen molar-refractivity contribution in [2.24, 2.45) is 0 Å². The van der Waals surface area contributed by atoms with Gasteiger partial charge in [0.05, 0.1) is 0 Å². The van der Waals surface area contributed by atoms with Gasteiger partial charge in [0.2, 0.25) is 0 Å². The molecule has 182 valence electrons. The summed E-state index contributed by atoms with van der Waals surface area (Å²) in [7, 11) is -7.79. The molecule has 0 N–H and O–H groups in total. The average molecular weight is 532 g/mol. The predicted molar refractivity (Wildman–Crippen MR) is 56.2 cm³/mol. The molecule has 0 aromatic carbocycles. The summed E-state index contributed by atoms with van der Waals surface area (Å²) >= 11 is 3.32. The first kappa shape index (κ1) is 29.0. The van der Waals surface area contributed by atoms with E-state index < -0.39 is 56.7 Å². The standard InChI is InChI=1S/C8HClF16O4S/c9-5(18,19)3(14,15)1(10,11)2(12,13)4(16,17)6(20,21)29-7(22,23)8(24,25)30(26,27)28/h(H,26,27,28)/p-1. The fourth-order valence-electron chi connectivity index (χ4n) is 1.19. The second-order valence-corrected chi connectivity index (χ2v) is 6.80. The van der Waals surface area contributed by atoms with Gasteiger partial charge in [0, 0.05) is 0 Å². The average Bonchev–Trinajstić information content (AvgIpc) is 2.42. The molecule has 0 spiro atoms. The Labute approximate surface area is 157 Å². The fraction of sp³-hybridized carbons (Fsp3) is 1.00. The number of halogens is 17. The van der Waals surface area contributed by atoms with Gasteiger partial charge in [-0.15, -0.1) is 0 Å². The first-order valence-electron chi connectivity index (χ1n) is 5.83. The maximum Gasteiger partial charge on any atom is 0.438 e. The molecule has 30 heavy (non-hydrogen) atoms. The molecule has 22 heteroatoms. The zero-order valence-electron chi connectivity index (χ0n) is 12.5. The van der Waals surface area contributed by atoms with Gasteiger partial charge in [-0.3, -0.25) is 0 Å². The molecule has 0 aliphatic heterocycles. The van der Waals surface area contributed by atoms with Crippen LogP contribution in [0.1, 0.15) is 0 Å². The molecule has 0 bridgehead atoms. The molecule has 0 aliphatic carbocycles. The van der Waals surface area contributed by atoms with Crippen molar-refractivity contribution in [1.82, 2.24) is 0 Å². The number of ether oxygens (including phenoxy) is 1. The second kappa shape index (κ2) is 7.02. The quantitative estimate of drug-likeness (QED) is 0.246. The predicted octanol–water partition coefficient (Wildman–Crippen LogP) is 4.70. The molecule has 0 fully saturated rings. The van der Waals surface area contributed by atoms with Crippen LogP contribution < -0.4 is 0 Å². The smallest absolute Gasteiger partial charge is 0.438 e. The number of alkyl halides is 17. The fourth-order valence-corrected chi connectivity index (χ4v) is 1.64. The first-order chi connectivity index (χ1) is 12.5. The van der Waals surface area contributed by atoms with E-state index in [0.29, 0.717) is 0 Å². The molecule has 0 atom stereocenters. The Morgan fingerprint density at radius 1 is 0.567 bits per heavy atom. The molecular weight excluding hydrogens is 532 g/mol. The van der Waals surface area contributed by atoms with Crippen LogP contribution in [-0.4, -0.2) is 59.5 Å². The highest BCUT2D eigenvalue weighted by molar-refractivity contribution is 7.86. The van der Waals surface area contributed by atoms with Gasteiger partial charge in [0.15, 0.2) is 10.1 Å². The van der Waals surface area contributed by atoms with E-state index in [0.717, 1.165) is 4.74 Å². The topological polar surface area (TPSA) is 66.4 Å². The molecule has 0 aromatic heterocycles. The summed E-state index contributed by atoms with van der Waals surface area (Å²) in [5, 5.41) is -14.3. The van der Waals surface area contributed by atoms with Crippen molar-refractivity contribution in [3.05, 3.63) is 0 Å². The van der Waals surface area contributed by atoms with E-state index in [-0.39, 0.29) is 0 Å². The highest BCUT2D eigenvalue weighted by atomic mass is 35.5. The molecule has 0 saturated heterocycles. The minimum atomic E-state index is -8.52. The van der Waals surface area contributed by atoms with E-state index in [1.165, 1.54) is 0 Å². The van der Waals surface area contributed by atoms with Crippen molar-refractivity contribution >= 4 is 21.7 Å². The van der Waals surface area contributed by atoms with Crippen molar-refractivity contribution < 1.29 is 88.0 Å².